The molecule has 18 heavy (non-hydrogen) atoms. The third-order valence-corrected chi connectivity index (χ3v) is 4.41. The molecule has 0 saturated heterocycles. The van der Waals surface area contributed by atoms with Crippen LogP contribution >= 0.6 is 27.3 Å². The highest BCUT2D eigenvalue weighted by molar-refractivity contribution is 9.10. The van der Waals surface area contributed by atoms with Crippen LogP contribution in [0.5, 0.6) is 11.5 Å². The van der Waals surface area contributed by atoms with Crippen molar-refractivity contribution in [3.63, 3.8) is 0 Å². The maximum atomic E-state index is 6.24. The number of ether oxygens (including phenoxy) is 2. The predicted molar refractivity (Wildman–Crippen MR) is 77.6 cm³/mol. The van der Waals surface area contributed by atoms with Crippen LogP contribution in [-0.2, 0) is 0 Å². The molecule has 1 aromatic carbocycles. The van der Waals surface area contributed by atoms with Crippen LogP contribution in [0.1, 0.15) is 16.5 Å². The Morgan fingerprint density at radius 2 is 1.83 bits per heavy atom. The molecule has 1 atom stereocenters. The Kier molecular flexibility index (Phi) is 4.27. The van der Waals surface area contributed by atoms with Crippen LogP contribution in [0.25, 0.3) is 0 Å². The summed E-state index contributed by atoms with van der Waals surface area (Å²) in [5.41, 5.74) is 7.21. The fourth-order valence-corrected chi connectivity index (χ4v) is 3.01. The number of hydrogen-bond donors (Lipinski definition) is 1. The highest BCUT2D eigenvalue weighted by Gasteiger charge is 2.16. The first-order valence-electron chi connectivity index (χ1n) is 5.37. The minimum atomic E-state index is -0.166. The molecule has 0 amide bonds. The minimum absolute atomic E-state index is 0.166. The Morgan fingerprint density at radius 3 is 2.28 bits per heavy atom. The van der Waals surface area contributed by atoms with Crippen molar-refractivity contribution < 1.29 is 9.47 Å². The number of thiophene rings is 1. The highest BCUT2D eigenvalue weighted by atomic mass is 79.9. The van der Waals surface area contributed by atoms with Crippen LogP contribution in [0.3, 0.4) is 0 Å². The molecule has 0 bridgehead atoms. The lowest BCUT2D eigenvalue weighted by atomic mass is 10.1. The third-order valence-electron chi connectivity index (χ3n) is 2.68. The average Bonchev–Trinajstić information content (AvgIpc) is 2.92. The van der Waals surface area contributed by atoms with Crippen molar-refractivity contribution in [1.82, 2.24) is 0 Å². The molecule has 0 fully saturated rings. The number of halogens is 1. The van der Waals surface area contributed by atoms with Crippen molar-refractivity contribution in [1.29, 1.82) is 0 Å². The minimum Gasteiger partial charge on any atom is -0.495 e. The summed E-state index contributed by atoms with van der Waals surface area (Å²) >= 11 is 5.08. The second-order valence-corrected chi connectivity index (χ2v) is 5.50. The van der Waals surface area contributed by atoms with Crippen LogP contribution in [0.15, 0.2) is 34.1 Å². The quantitative estimate of drug-likeness (QED) is 0.933. The molecule has 0 radical (unpaired) electrons. The van der Waals surface area contributed by atoms with Crippen molar-refractivity contribution >= 4 is 27.3 Å². The molecule has 0 unspecified atom stereocenters. The summed E-state index contributed by atoms with van der Waals surface area (Å²) in [6.07, 6.45) is 0. The summed E-state index contributed by atoms with van der Waals surface area (Å²) in [6, 6.07) is 7.71. The Bertz CT molecular complexity index is 503. The number of nitrogens with two attached hydrogens (primary N) is 1. The summed E-state index contributed by atoms with van der Waals surface area (Å²) < 4.78 is 11.4. The van der Waals surface area contributed by atoms with E-state index in [2.05, 4.69) is 15.9 Å². The molecular formula is C13H14BrNO2S. The number of hydrogen-bond acceptors (Lipinski definition) is 4. The molecule has 3 nitrogen and oxygen atoms in total. The Hall–Kier alpha value is -1.04. The SMILES string of the molecule is COc1cc([C@H](N)c2cccs2)cc(OC)c1Br. The van der Waals surface area contributed by atoms with Gasteiger partial charge in [0, 0.05) is 4.88 Å². The lowest BCUT2D eigenvalue weighted by Crippen LogP contribution is -2.10. The van der Waals surface area contributed by atoms with E-state index in [0.29, 0.717) is 0 Å². The Morgan fingerprint density at radius 1 is 1.22 bits per heavy atom. The smallest absolute Gasteiger partial charge is 0.137 e. The highest BCUT2D eigenvalue weighted by Crippen LogP contribution is 2.38. The van der Waals surface area contributed by atoms with Gasteiger partial charge < -0.3 is 15.2 Å². The van der Waals surface area contributed by atoms with Crippen molar-refractivity contribution in [2.24, 2.45) is 5.73 Å². The standard InChI is InChI=1S/C13H14BrNO2S/c1-16-9-6-8(7-10(17-2)12(9)14)13(15)11-4-3-5-18-11/h3-7,13H,15H2,1-2H3/t13-/m0/s1. The second kappa shape index (κ2) is 5.73. The van der Waals surface area contributed by atoms with Crippen molar-refractivity contribution in [2.75, 3.05) is 14.2 Å². The maximum absolute atomic E-state index is 6.24. The molecule has 96 valence electrons. The summed E-state index contributed by atoms with van der Waals surface area (Å²) in [4.78, 5) is 1.11. The molecule has 0 aliphatic carbocycles. The zero-order chi connectivity index (χ0) is 13.1. The van der Waals surface area contributed by atoms with E-state index >= 15 is 0 Å². The van der Waals surface area contributed by atoms with Gasteiger partial charge in [-0.25, -0.2) is 0 Å². The summed E-state index contributed by atoms with van der Waals surface area (Å²) in [5, 5.41) is 2.02. The van der Waals surface area contributed by atoms with Gasteiger partial charge in [0.05, 0.1) is 20.3 Å². The van der Waals surface area contributed by atoms with E-state index in [1.807, 2.05) is 29.6 Å². The summed E-state index contributed by atoms with van der Waals surface area (Å²) in [7, 11) is 3.25. The molecule has 2 rings (SSSR count). The molecule has 0 spiro atoms. The fourth-order valence-electron chi connectivity index (χ4n) is 1.70. The van der Waals surface area contributed by atoms with Gasteiger partial charge >= 0.3 is 0 Å². The predicted octanol–water partition coefficient (Wildman–Crippen LogP) is 3.58. The van der Waals surface area contributed by atoms with Gasteiger partial charge in [0.25, 0.3) is 0 Å². The maximum Gasteiger partial charge on any atom is 0.137 e. The lowest BCUT2D eigenvalue weighted by Gasteiger charge is -2.15. The first kappa shape index (κ1) is 13.4. The number of benzene rings is 1. The van der Waals surface area contributed by atoms with Crippen LogP contribution in [0.4, 0.5) is 0 Å². The first-order valence-corrected chi connectivity index (χ1v) is 7.05. The second-order valence-electron chi connectivity index (χ2n) is 3.73. The molecule has 1 aromatic heterocycles. The van der Waals surface area contributed by atoms with Gasteiger partial charge in [-0.1, -0.05) is 6.07 Å². The van der Waals surface area contributed by atoms with Crippen molar-refractivity contribution in [2.45, 2.75) is 6.04 Å². The summed E-state index contributed by atoms with van der Waals surface area (Å²) in [6.45, 7) is 0. The zero-order valence-corrected chi connectivity index (χ0v) is 12.5. The van der Waals surface area contributed by atoms with E-state index in [9.17, 15) is 0 Å². The van der Waals surface area contributed by atoms with Gasteiger partial charge in [-0.3, -0.25) is 0 Å². The fraction of sp³-hybridized carbons (Fsp3) is 0.231. The van der Waals surface area contributed by atoms with E-state index in [-0.39, 0.29) is 6.04 Å². The van der Waals surface area contributed by atoms with Crippen LogP contribution < -0.4 is 15.2 Å². The van der Waals surface area contributed by atoms with E-state index in [4.69, 9.17) is 15.2 Å². The molecule has 2 aromatic rings. The number of rotatable bonds is 4. The van der Waals surface area contributed by atoms with Crippen molar-refractivity contribution in [3.05, 3.63) is 44.6 Å². The molecular weight excluding hydrogens is 314 g/mol. The molecule has 5 heteroatoms. The van der Waals surface area contributed by atoms with Crippen LogP contribution in [0.2, 0.25) is 0 Å². The van der Waals surface area contributed by atoms with Gasteiger partial charge in [-0.2, -0.15) is 0 Å². The largest absolute Gasteiger partial charge is 0.495 e. The van der Waals surface area contributed by atoms with Gasteiger partial charge in [0.15, 0.2) is 0 Å². The summed E-state index contributed by atoms with van der Waals surface area (Å²) in [5.74, 6) is 1.44. The van der Waals surface area contributed by atoms with Crippen LogP contribution in [-0.4, -0.2) is 14.2 Å². The molecule has 0 saturated carbocycles. The molecule has 1 heterocycles. The normalized spacial score (nSPS) is 12.2. The molecule has 0 aliphatic rings. The molecule has 0 aliphatic heterocycles. The lowest BCUT2D eigenvalue weighted by molar-refractivity contribution is 0.388. The van der Waals surface area contributed by atoms with Gasteiger partial charge in [0.2, 0.25) is 0 Å². The number of methoxy groups -OCH3 is 2. The van der Waals surface area contributed by atoms with Gasteiger partial charge in [-0.15, -0.1) is 11.3 Å². The van der Waals surface area contributed by atoms with E-state index in [1.54, 1.807) is 25.6 Å². The zero-order valence-electron chi connectivity index (χ0n) is 10.1. The average molecular weight is 328 g/mol. The molecule has 2 N–H and O–H groups in total. The topological polar surface area (TPSA) is 44.5 Å². The van der Waals surface area contributed by atoms with E-state index < -0.39 is 0 Å². The van der Waals surface area contributed by atoms with Gasteiger partial charge in [0.1, 0.15) is 16.0 Å². The van der Waals surface area contributed by atoms with Crippen LogP contribution in [0, 0.1) is 0 Å². The Balaban J connectivity index is 2.45. The van der Waals surface area contributed by atoms with E-state index in [1.165, 1.54) is 0 Å². The third kappa shape index (κ3) is 2.53. The van der Waals surface area contributed by atoms with Crippen molar-refractivity contribution in [3.8, 4) is 11.5 Å². The first-order chi connectivity index (χ1) is 8.67. The van der Waals surface area contributed by atoms with E-state index in [0.717, 1.165) is 26.4 Å². The Labute approximate surface area is 119 Å². The monoisotopic (exact) mass is 327 g/mol. The van der Waals surface area contributed by atoms with Gasteiger partial charge in [-0.05, 0) is 45.1 Å².